The highest BCUT2D eigenvalue weighted by atomic mass is 19.1. The van der Waals surface area contributed by atoms with Gasteiger partial charge in [-0.1, -0.05) is 12.1 Å². The summed E-state index contributed by atoms with van der Waals surface area (Å²) in [6, 6.07) is 8.38. The van der Waals surface area contributed by atoms with E-state index >= 15 is 4.39 Å². The molecule has 2 heterocycles. The number of aryl methyl sites for hydroxylation is 1. The third kappa shape index (κ3) is 3.05. The molecule has 1 aliphatic rings. The SMILES string of the molecule is CCN1C(=O)N(Cc2ccc(OC)cc2)c2c(F)c(CO)cc3nc(C)nc1c23. The molecule has 1 aromatic heterocycles. The minimum atomic E-state index is -0.633. The Morgan fingerprint density at radius 2 is 1.90 bits per heavy atom. The van der Waals surface area contributed by atoms with Gasteiger partial charge in [-0.3, -0.25) is 9.80 Å². The molecule has 0 spiro atoms. The lowest BCUT2D eigenvalue weighted by Crippen LogP contribution is -2.47. The first-order chi connectivity index (χ1) is 14.0. The summed E-state index contributed by atoms with van der Waals surface area (Å²) < 4.78 is 20.5. The zero-order valence-corrected chi connectivity index (χ0v) is 16.4. The van der Waals surface area contributed by atoms with Crippen molar-refractivity contribution in [2.24, 2.45) is 0 Å². The molecule has 1 N–H and O–H groups in total. The van der Waals surface area contributed by atoms with Crippen LogP contribution in [0.1, 0.15) is 23.9 Å². The molecule has 150 valence electrons. The van der Waals surface area contributed by atoms with Gasteiger partial charge in [0.15, 0.2) is 11.6 Å². The Morgan fingerprint density at radius 3 is 2.52 bits per heavy atom. The van der Waals surface area contributed by atoms with E-state index in [1.165, 1.54) is 15.9 Å². The highest BCUT2D eigenvalue weighted by Gasteiger charge is 2.36. The van der Waals surface area contributed by atoms with Crippen LogP contribution in [-0.2, 0) is 13.2 Å². The summed E-state index contributed by atoms with van der Waals surface area (Å²) in [4.78, 5) is 25.0. The van der Waals surface area contributed by atoms with E-state index in [-0.39, 0.29) is 23.8 Å². The van der Waals surface area contributed by atoms with Crippen LogP contribution in [0, 0.1) is 12.7 Å². The van der Waals surface area contributed by atoms with Gasteiger partial charge < -0.3 is 9.84 Å². The van der Waals surface area contributed by atoms with Gasteiger partial charge in [-0.2, -0.15) is 0 Å². The molecule has 3 aromatic rings. The average molecular weight is 396 g/mol. The minimum Gasteiger partial charge on any atom is -0.497 e. The number of anilines is 2. The largest absolute Gasteiger partial charge is 0.497 e. The van der Waals surface area contributed by atoms with Crippen LogP contribution in [0.5, 0.6) is 5.75 Å². The van der Waals surface area contributed by atoms with Crippen molar-refractivity contribution in [3.8, 4) is 5.75 Å². The van der Waals surface area contributed by atoms with Gasteiger partial charge in [0.2, 0.25) is 0 Å². The molecule has 0 atom stereocenters. The number of halogens is 1. The molecule has 0 bridgehead atoms. The topological polar surface area (TPSA) is 78.8 Å². The van der Waals surface area contributed by atoms with E-state index < -0.39 is 12.4 Å². The zero-order valence-electron chi connectivity index (χ0n) is 16.4. The molecule has 0 aliphatic carbocycles. The van der Waals surface area contributed by atoms with Crippen LogP contribution in [0.15, 0.2) is 30.3 Å². The van der Waals surface area contributed by atoms with Crippen molar-refractivity contribution in [1.82, 2.24) is 9.97 Å². The van der Waals surface area contributed by atoms with Gasteiger partial charge >= 0.3 is 6.03 Å². The number of aliphatic hydroxyl groups is 1. The maximum Gasteiger partial charge on any atom is 0.330 e. The molecular formula is C21H21FN4O3. The quantitative estimate of drug-likeness (QED) is 0.714. The van der Waals surface area contributed by atoms with Crippen molar-refractivity contribution in [1.29, 1.82) is 0 Å². The van der Waals surface area contributed by atoms with Crippen molar-refractivity contribution in [3.05, 3.63) is 53.1 Å². The number of rotatable bonds is 5. The van der Waals surface area contributed by atoms with E-state index in [0.29, 0.717) is 34.8 Å². The van der Waals surface area contributed by atoms with E-state index in [4.69, 9.17) is 4.74 Å². The molecule has 0 radical (unpaired) electrons. The third-order valence-corrected chi connectivity index (χ3v) is 5.04. The smallest absolute Gasteiger partial charge is 0.330 e. The van der Waals surface area contributed by atoms with Crippen molar-refractivity contribution >= 4 is 28.4 Å². The van der Waals surface area contributed by atoms with E-state index in [2.05, 4.69) is 9.97 Å². The number of ether oxygens (including phenoxy) is 1. The number of aromatic nitrogens is 2. The molecule has 1 aliphatic heterocycles. The van der Waals surface area contributed by atoms with Crippen molar-refractivity contribution in [2.75, 3.05) is 23.5 Å². The monoisotopic (exact) mass is 396 g/mol. The molecule has 0 unspecified atom stereocenters. The summed E-state index contributed by atoms with van der Waals surface area (Å²) in [5, 5.41) is 10.1. The Morgan fingerprint density at radius 1 is 1.17 bits per heavy atom. The van der Waals surface area contributed by atoms with E-state index in [9.17, 15) is 9.90 Å². The van der Waals surface area contributed by atoms with Crippen molar-refractivity contribution < 1.29 is 19.0 Å². The molecule has 4 rings (SSSR count). The summed E-state index contributed by atoms with van der Waals surface area (Å²) in [6.45, 7) is 3.62. The maximum atomic E-state index is 15.3. The summed E-state index contributed by atoms with van der Waals surface area (Å²) in [5.41, 5.74) is 1.51. The number of methoxy groups -OCH3 is 1. The average Bonchev–Trinajstić information content (AvgIpc) is 2.72. The Bertz CT molecular complexity index is 1100. The van der Waals surface area contributed by atoms with Crippen LogP contribution < -0.4 is 14.5 Å². The summed E-state index contributed by atoms with van der Waals surface area (Å²) >= 11 is 0. The Hall–Kier alpha value is -3.26. The number of hydrogen-bond donors (Lipinski definition) is 1. The van der Waals surface area contributed by atoms with Crippen LogP contribution in [0.3, 0.4) is 0 Å². The highest BCUT2D eigenvalue weighted by Crippen LogP contribution is 2.42. The Balaban J connectivity index is 1.94. The zero-order chi connectivity index (χ0) is 20.7. The van der Waals surface area contributed by atoms with Crippen LogP contribution in [0.25, 0.3) is 10.9 Å². The molecule has 2 amide bonds. The Labute approximate surface area is 167 Å². The van der Waals surface area contributed by atoms with Gasteiger partial charge in [-0.15, -0.1) is 0 Å². The molecule has 7 nitrogen and oxygen atoms in total. The molecule has 2 aromatic carbocycles. The first-order valence-corrected chi connectivity index (χ1v) is 9.31. The summed E-state index contributed by atoms with van der Waals surface area (Å²) in [5.74, 6) is 0.929. The van der Waals surface area contributed by atoms with Gasteiger partial charge in [-0.25, -0.2) is 19.2 Å². The fourth-order valence-corrected chi connectivity index (χ4v) is 3.64. The van der Waals surface area contributed by atoms with Gasteiger partial charge in [0.05, 0.1) is 36.9 Å². The number of aliphatic hydroxyl groups excluding tert-OH is 1. The lowest BCUT2D eigenvalue weighted by Gasteiger charge is -2.36. The number of benzene rings is 2. The number of amides is 2. The predicted molar refractivity (Wildman–Crippen MR) is 108 cm³/mol. The van der Waals surface area contributed by atoms with Gasteiger partial charge in [0.25, 0.3) is 0 Å². The maximum absolute atomic E-state index is 15.3. The fourth-order valence-electron chi connectivity index (χ4n) is 3.64. The molecule has 29 heavy (non-hydrogen) atoms. The van der Waals surface area contributed by atoms with Gasteiger partial charge in [0, 0.05) is 12.1 Å². The van der Waals surface area contributed by atoms with Crippen molar-refractivity contribution in [3.63, 3.8) is 0 Å². The molecule has 0 saturated carbocycles. The normalized spacial score (nSPS) is 13.3. The molecular weight excluding hydrogens is 375 g/mol. The van der Waals surface area contributed by atoms with Gasteiger partial charge in [0.1, 0.15) is 11.6 Å². The summed E-state index contributed by atoms with van der Waals surface area (Å²) in [6.07, 6.45) is 0. The highest BCUT2D eigenvalue weighted by molar-refractivity contribution is 6.18. The number of carbonyl (C=O) groups excluding carboxylic acids is 1. The second kappa shape index (κ2) is 7.29. The van der Waals surface area contributed by atoms with E-state index in [0.717, 1.165) is 5.56 Å². The number of urea groups is 1. The van der Waals surface area contributed by atoms with Crippen LogP contribution in [-0.4, -0.2) is 34.8 Å². The van der Waals surface area contributed by atoms with Gasteiger partial charge in [-0.05, 0) is 37.6 Å². The second-order valence-corrected chi connectivity index (χ2v) is 6.81. The summed E-state index contributed by atoms with van der Waals surface area (Å²) in [7, 11) is 1.58. The number of carbonyl (C=O) groups is 1. The van der Waals surface area contributed by atoms with Crippen LogP contribution in [0.2, 0.25) is 0 Å². The first kappa shape index (κ1) is 19.1. The van der Waals surface area contributed by atoms with Crippen molar-refractivity contribution in [2.45, 2.75) is 27.0 Å². The molecule has 8 heteroatoms. The Kier molecular flexibility index (Phi) is 4.79. The third-order valence-electron chi connectivity index (χ3n) is 5.04. The predicted octanol–water partition coefficient (Wildman–Crippen LogP) is 3.54. The van der Waals surface area contributed by atoms with Crippen LogP contribution in [0.4, 0.5) is 20.7 Å². The lowest BCUT2D eigenvalue weighted by molar-refractivity contribution is 0.250. The number of hydrogen-bond acceptors (Lipinski definition) is 5. The lowest BCUT2D eigenvalue weighted by atomic mass is 10.0. The van der Waals surface area contributed by atoms with E-state index in [1.54, 1.807) is 26.2 Å². The fraction of sp³-hybridized carbons (Fsp3) is 0.286. The second-order valence-electron chi connectivity index (χ2n) is 6.81. The minimum absolute atomic E-state index is 0.0917. The van der Waals surface area contributed by atoms with E-state index in [1.807, 2.05) is 19.1 Å². The molecule has 0 saturated heterocycles. The first-order valence-electron chi connectivity index (χ1n) is 9.31. The standard InChI is InChI=1S/C21H21FN4O3/c1-4-25-20-17-16(23-12(2)24-20)9-14(11-27)18(22)19(17)26(21(25)28)10-13-5-7-15(29-3)8-6-13/h5-9,27H,4,10-11H2,1-3H3. The molecule has 0 fully saturated rings. The number of nitrogens with zero attached hydrogens (tertiary/aromatic N) is 4. The van der Waals surface area contributed by atoms with Crippen LogP contribution >= 0.6 is 0 Å².